The second kappa shape index (κ2) is 9.07. The van der Waals surface area contributed by atoms with E-state index in [9.17, 15) is 14.4 Å². The average Bonchev–Trinajstić information content (AvgIpc) is 2.74. The van der Waals surface area contributed by atoms with Crippen LogP contribution in [0.2, 0.25) is 0 Å². The van der Waals surface area contributed by atoms with E-state index in [0.29, 0.717) is 0 Å². The molecular formula is C23H28N4O3. The molecule has 1 atom stereocenters. The molecule has 0 radical (unpaired) electrons. The summed E-state index contributed by atoms with van der Waals surface area (Å²) in [5.74, 6) is -0.139. The van der Waals surface area contributed by atoms with Gasteiger partial charge in [0.15, 0.2) is 0 Å². The second-order valence-electron chi connectivity index (χ2n) is 7.95. The van der Waals surface area contributed by atoms with Crippen LogP contribution in [0.5, 0.6) is 0 Å². The van der Waals surface area contributed by atoms with Gasteiger partial charge in [-0.25, -0.2) is 9.78 Å². The van der Waals surface area contributed by atoms with Crippen LogP contribution in [0.4, 0.5) is 0 Å². The van der Waals surface area contributed by atoms with Gasteiger partial charge in [0.25, 0.3) is 11.5 Å². The molecule has 0 aliphatic carbocycles. The molecule has 0 aliphatic heterocycles. The lowest BCUT2D eigenvalue weighted by Gasteiger charge is -2.23. The molecule has 1 aromatic carbocycles. The number of hydrogen-bond acceptors (Lipinski definition) is 4. The lowest BCUT2D eigenvalue weighted by Crippen LogP contribution is -2.32. The Morgan fingerprint density at radius 1 is 1.20 bits per heavy atom. The monoisotopic (exact) mass is 408 g/mol. The Morgan fingerprint density at radius 3 is 2.53 bits per heavy atom. The number of unbranched alkanes of at least 4 members (excludes halogenated alkanes) is 1. The molecular weight excluding hydrogens is 380 g/mol. The summed E-state index contributed by atoms with van der Waals surface area (Å²) in [6.45, 7) is 6.28. The van der Waals surface area contributed by atoms with Crippen molar-refractivity contribution in [1.29, 1.82) is 0 Å². The van der Waals surface area contributed by atoms with Crippen LogP contribution < -0.4 is 16.6 Å². The molecule has 0 spiro atoms. The Kier molecular flexibility index (Phi) is 6.50. The van der Waals surface area contributed by atoms with Gasteiger partial charge in [-0.1, -0.05) is 51.5 Å². The SMILES string of the molecule is CCCCc1ccc(C(NC(=O)c2cnc3c(c2)c(=O)[nH]c(=O)n3C)C(C)C)cc1. The normalized spacial score (nSPS) is 12.3. The van der Waals surface area contributed by atoms with Gasteiger partial charge < -0.3 is 5.32 Å². The maximum atomic E-state index is 12.9. The van der Waals surface area contributed by atoms with Gasteiger partial charge in [-0.15, -0.1) is 0 Å². The first-order chi connectivity index (χ1) is 14.3. The van der Waals surface area contributed by atoms with Crippen molar-refractivity contribution in [3.05, 3.63) is 74.1 Å². The van der Waals surface area contributed by atoms with E-state index in [-0.39, 0.29) is 34.5 Å². The number of H-pyrrole nitrogens is 1. The minimum atomic E-state index is -0.557. The first-order valence-corrected chi connectivity index (χ1v) is 10.3. The number of rotatable bonds is 7. The number of nitrogens with one attached hydrogen (secondary N) is 2. The van der Waals surface area contributed by atoms with Crippen LogP contribution in [0.1, 0.15) is 61.1 Å². The van der Waals surface area contributed by atoms with Gasteiger partial charge in [-0.05, 0) is 36.0 Å². The number of carbonyl (C=O) groups is 1. The summed E-state index contributed by atoms with van der Waals surface area (Å²) in [5.41, 5.74) is 1.74. The number of aromatic amines is 1. The number of aromatic nitrogens is 3. The Morgan fingerprint density at radius 2 is 1.90 bits per heavy atom. The van der Waals surface area contributed by atoms with E-state index in [1.54, 1.807) is 0 Å². The zero-order valence-corrected chi connectivity index (χ0v) is 17.9. The van der Waals surface area contributed by atoms with E-state index in [4.69, 9.17) is 0 Å². The molecule has 0 saturated heterocycles. The highest BCUT2D eigenvalue weighted by molar-refractivity contribution is 5.96. The molecule has 7 heteroatoms. The van der Waals surface area contributed by atoms with Gasteiger partial charge >= 0.3 is 5.69 Å². The van der Waals surface area contributed by atoms with E-state index in [1.807, 2.05) is 0 Å². The summed E-state index contributed by atoms with van der Waals surface area (Å²) in [6, 6.07) is 9.66. The fraction of sp³-hybridized carbons (Fsp3) is 0.391. The molecule has 30 heavy (non-hydrogen) atoms. The summed E-state index contributed by atoms with van der Waals surface area (Å²) in [6.07, 6.45) is 4.75. The molecule has 0 fully saturated rings. The first-order valence-electron chi connectivity index (χ1n) is 10.3. The van der Waals surface area contributed by atoms with Gasteiger partial charge in [-0.2, -0.15) is 0 Å². The van der Waals surface area contributed by atoms with Gasteiger partial charge in [0.1, 0.15) is 5.65 Å². The van der Waals surface area contributed by atoms with Crippen LogP contribution in [0.15, 0.2) is 46.1 Å². The number of nitrogens with zero attached hydrogens (tertiary/aromatic N) is 2. The van der Waals surface area contributed by atoms with Gasteiger partial charge in [0, 0.05) is 13.2 Å². The Hall–Kier alpha value is -3.22. The number of benzene rings is 1. The van der Waals surface area contributed by atoms with Gasteiger partial charge in [0.05, 0.1) is 17.0 Å². The minimum Gasteiger partial charge on any atom is -0.345 e. The smallest absolute Gasteiger partial charge is 0.329 e. The molecule has 0 saturated carbocycles. The topological polar surface area (TPSA) is 96.8 Å². The van der Waals surface area contributed by atoms with Crippen molar-refractivity contribution in [1.82, 2.24) is 19.9 Å². The summed E-state index contributed by atoms with van der Waals surface area (Å²) >= 11 is 0. The van der Waals surface area contributed by atoms with Crippen LogP contribution in [0.25, 0.3) is 11.0 Å². The quantitative estimate of drug-likeness (QED) is 0.628. The Labute approximate surface area is 175 Å². The highest BCUT2D eigenvalue weighted by Gasteiger charge is 2.20. The van der Waals surface area contributed by atoms with Crippen molar-refractivity contribution >= 4 is 16.9 Å². The molecule has 158 valence electrons. The molecule has 1 unspecified atom stereocenters. The zero-order valence-electron chi connectivity index (χ0n) is 17.9. The van der Waals surface area contributed by atoms with Crippen LogP contribution in [-0.2, 0) is 13.5 Å². The van der Waals surface area contributed by atoms with Gasteiger partial charge in [0.2, 0.25) is 0 Å². The maximum absolute atomic E-state index is 12.9. The molecule has 0 aliphatic rings. The number of aryl methyl sites for hydroxylation is 2. The molecule has 1 amide bonds. The van der Waals surface area contributed by atoms with Crippen molar-refractivity contribution in [2.75, 3.05) is 0 Å². The summed E-state index contributed by atoms with van der Waals surface area (Å²) in [7, 11) is 1.52. The number of amides is 1. The molecule has 0 bridgehead atoms. The zero-order chi connectivity index (χ0) is 21.8. The van der Waals surface area contributed by atoms with E-state index < -0.39 is 11.2 Å². The van der Waals surface area contributed by atoms with E-state index in [1.165, 1.54) is 29.4 Å². The molecule has 2 heterocycles. The predicted molar refractivity (Wildman–Crippen MR) is 118 cm³/mol. The predicted octanol–water partition coefficient (Wildman–Crippen LogP) is 3.09. The minimum absolute atomic E-state index is 0.174. The molecule has 2 N–H and O–H groups in total. The molecule has 2 aromatic heterocycles. The third-order valence-electron chi connectivity index (χ3n) is 5.33. The lowest BCUT2D eigenvalue weighted by atomic mass is 9.94. The summed E-state index contributed by atoms with van der Waals surface area (Å²) in [4.78, 5) is 43.2. The van der Waals surface area contributed by atoms with Crippen LogP contribution in [-0.4, -0.2) is 20.4 Å². The highest BCUT2D eigenvalue weighted by Crippen LogP contribution is 2.23. The van der Waals surface area contributed by atoms with Crippen molar-refractivity contribution < 1.29 is 4.79 Å². The second-order valence-corrected chi connectivity index (χ2v) is 7.95. The lowest BCUT2D eigenvalue weighted by molar-refractivity contribution is 0.0925. The van der Waals surface area contributed by atoms with Crippen LogP contribution >= 0.6 is 0 Å². The fourth-order valence-corrected chi connectivity index (χ4v) is 3.49. The standard InChI is InChI=1S/C23H28N4O3/c1-5-6-7-15-8-10-16(11-9-15)19(14(2)3)25-21(28)17-12-18-20(24-13-17)27(4)23(30)26-22(18)29/h8-14,19H,5-7H2,1-4H3,(H,25,28)(H,26,29,30). The average molecular weight is 409 g/mol. The number of carbonyl (C=O) groups excluding carboxylic acids is 1. The maximum Gasteiger partial charge on any atom is 0.329 e. The van der Waals surface area contributed by atoms with E-state index >= 15 is 0 Å². The van der Waals surface area contributed by atoms with Crippen molar-refractivity contribution in [3.63, 3.8) is 0 Å². The van der Waals surface area contributed by atoms with Gasteiger partial charge in [-0.3, -0.25) is 19.1 Å². The summed E-state index contributed by atoms with van der Waals surface area (Å²) in [5, 5.41) is 3.26. The number of hydrogen-bond donors (Lipinski definition) is 2. The van der Waals surface area contributed by atoms with Crippen molar-refractivity contribution in [2.24, 2.45) is 13.0 Å². The third kappa shape index (κ3) is 4.50. The number of fused-ring (bicyclic) bond motifs is 1. The van der Waals surface area contributed by atoms with E-state index in [0.717, 1.165) is 24.8 Å². The third-order valence-corrected chi connectivity index (χ3v) is 5.33. The molecule has 7 nitrogen and oxygen atoms in total. The van der Waals surface area contributed by atoms with E-state index in [2.05, 4.69) is 60.3 Å². The largest absolute Gasteiger partial charge is 0.345 e. The molecule has 3 aromatic rings. The first kappa shape index (κ1) is 21.5. The fourth-order valence-electron chi connectivity index (χ4n) is 3.49. The Bertz CT molecular complexity index is 1160. The molecule has 3 rings (SSSR count). The van der Waals surface area contributed by atoms with Crippen molar-refractivity contribution in [2.45, 2.75) is 46.1 Å². The number of pyridine rings is 1. The highest BCUT2D eigenvalue weighted by atomic mass is 16.2. The Balaban J connectivity index is 1.86. The van der Waals surface area contributed by atoms with Crippen LogP contribution in [0, 0.1) is 5.92 Å². The van der Waals surface area contributed by atoms with Crippen molar-refractivity contribution in [3.8, 4) is 0 Å². The van der Waals surface area contributed by atoms with Crippen LogP contribution in [0.3, 0.4) is 0 Å². The summed E-state index contributed by atoms with van der Waals surface area (Å²) < 4.78 is 1.25.